The van der Waals surface area contributed by atoms with Crippen LogP contribution in [0.5, 0.6) is 0 Å². The molecule has 118 valence electrons. The normalized spacial score (nSPS) is 12.1. The van der Waals surface area contributed by atoms with Gasteiger partial charge in [0.1, 0.15) is 12.7 Å². The third-order valence-electron chi connectivity index (χ3n) is 3.07. The molecular weight excluding hydrogens is 327 g/mol. The standard InChI is InChI=1S/C14H16Cl2N4O2/c15-10-3-4-11(12(16)6-10)13(21)7-18-14(22)2-1-5-20-9-17-8-19-20/h3-4,6,8-9,13,21H,1-2,5,7H2,(H,18,22). The third-order valence-corrected chi connectivity index (χ3v) is 3.63. The summed E-state index contributed by atoms with van der Waals surface area (Å²) in [7, 11) is 0. The Balaban J connectivity index is 1.73. The van der Waals surface area contributed by atoms with E-state index in [9.17, 15) is 9.90 Å². The Kier molecular flexibility index (Phi) is 6.18. The van der Waals surface area contributed by atoms with Crippen LogP contribution in [0.4, 0.5) is 0 Å². The number of halogens is 2. The fourth-order valence-electron chi connectivity index (χ4n) is 1.93. The average Bonchev–Trinajstić information content (AvgIpc) is 2.98. The topological polar surface area (TPSA) is 80.0 Å². The van der Waals surface area contributed by atoms with Crippen LogP contribution in [0.25, 0.3) is 0 Å². The van der Waals surface area contributed by atoms with E-state index in [-0.39, 0.29) is 12.5 Å². The number of hydrogen-bond acceptors (Lipinski definition) is 4. The molecule has 1 unspecified atom stereocenters. The van der Waals surface area contributed by atoms with Crippen molar-refractivity contribution in [2.45, 2.75) is 25.5 Å². The lowest BCUT2D eigenvalue weighted by molar-refractivity contribution is -0.121. The van der Waals surface area contributed by atoms with Crippen LogP contribution < -0.4 is 5.32 Å². The molecule has 22 heavy (non-hydrogen) atoms. The Morgan fingerprint density at radius 2 is 2.23 bits per heavy atom. The second-order valence-corrected chi connectivity index (χ2v) is 5.59. The largest absolute Gasteiger partial charge is 0.387 e. The quantitative estimate of drug-likeness (QED) is 0.808. The summed E-state index contributed by atoms with van der Waals surface area (Å²) in [6, 6.07) is 4.85. The lowest BCUT2D eigenvalue weighted by Crippen LogP contribution is -2.28. The molecule has 0 bridgehead atoms. The molecule has 0 radical (unpaired) electrons. The lowest BCUT2D eigenvalue weighted by atomic mass is 10.1. The summed E-state index contributed by atoms with van der Waals surface area (Å²) in [6.07, 6.45) is 3.17. The number of rotatable bonds is 7. The van der Waals surface area contributed by atoms with Gasteiger partial charge in [0, 0.05) is 35.1 Å². The molecule has 1 heterocycles. The van der Waals surface area contributed by atoms with Crippen LogP contribution in [0.1, 0.15) is 24.5 Å². The van der Waals surface area contributed by atoms with Gasteiger partial charge >= 0.3 is 0 Å². The van der Waals surface area contributed by atoms with Gasteiger partial charge in [-0.05, 0) is 18.6 Å². The Bertz CT molecular complexity index is 619. The van der Waals surface area contributed by atoms with Crippen LogP contribution in [0, 0.1) is 0 Å². The molecule has 0 saturated carbocycles. The monoisotopic (exact) mass is 342 g/mol. The summed E-state index contributed by atoms with van der Waals surface area (Å²) >= 11 is 11.8. The summed E-state index contributed by atoms with van der Waals surface area (Å²) in [6.45, 7) is 0.725. The maximum Gasteiger partial charge on any atom is 0.220 e. The highest BCUT2D eigenvalue weighted by atomic mass is 35.5. The van der Waals surface area contributed by atoms with Crippen molar-refractivity contribution in [3.63, 3.8) is 0 Å². The SMILES string of the molecule is O=C(CCCn1cncn1)NCC(O)c1ccc(Cl)cc1Cl. The van der Waals surface area contributed by atoms with E-state index in [2.05, 4.69) is 15.4 Å². The van der Waals surface area contributed by atoms with E-state index in [0.29, 0.717) is 35.0 Å². The van der Waals surface area contributed by atoms with Gasteiger partial charge < -0.3 is 10.4 Å². The lowest BCUT2D eigenvalue weighted by Gasteiger charge is -2.14. The van der Waals surface area contributed by atoms with Gasteiger partial charge in [-0.25, -0.2) is 4.98 Å². The van der Waals surface area contributed by atoms with Crippen molar-refractivity contribution < 1.29 is 9.90 Å². The van der Waals surface area contributed by atoms with Crippen LogP contribution in [-0.2, 0) is 11.3 Å². The second kappa shape index (κ2) is 8.12. The molecule has 8 heteroatoms. The number of nitrogens with zero attached hydrogens (tertiary/aromatic N) is 3. The molecule has 2 aromatic rings. The molecule has 2 N–H and O–H groups in total. The maximum absolute atomic E-state index is 11.7. The van der Waals surface area contributed by atoms with Gasteiger partial charge in [-0.3, -0.25) is 9.48 Å². The Labute approximate surface area is 138 Å². The first-order valence-electron chi connectivity index (χ1n) is 6.78. The number of aryl methyl sites for hydroxylation is 1. The molecule has 0 fully saturated rings. The van der Waals surface area contributed by atoms with Gasteiger partial charge in [-0.2, -0.15) is 5.10 Å². The zero-order chi connectivity index (χ0) is 15.9. The zero-order valence-corrected chi connectivity index (χ0v) is 13.3. The van der Waals surface area contributed by atoms with Gasteiger partial charge in [-0.1, -0.05) is 29.3 Å². The first-order chi connectivity index (χ1) is 10.6. The number of nitrogens with one attached hydrogen (secondary N) is 1. The molecular formula is C14H16Cl2N4O2. The Morgan fingerprint density at radius 3 is 2.91 bits per heavy atom. The Hall–Kier alpha value is -1.63. The average molecular weight is 343 g/mol. The minimum Gasteiger partial charge on any atom is -0.387 e. The minimum absolute atomic E-state index is 0.101. The first kappa shape index (κ1) is 16.7. The van der Waals surface area contributed by atoms with Crippen LogP contribution >= 0.6 is 23.2 Å². The number of amides is 1. The predicted molar refractivity (Wildman–Crippen MR) is 83.7 cm³/mol. The molecule has 1 aromatic heterocycles. The highest BCUT2D eigenvalue weighted by molar-refractivity contribution is 6.35. The van der Waals surface area contributed by atoms with Crippen LogP contribution in [0.3, 0.4) is 0 Å². The highest BCUT2D eigenvalue weighted by Gasteiger charge is 2.13. The summed E-state index contributed by atoms with van der Waals surface area (Å²) in [5.74, 6) is -0.135. The molecule has 1 amide bonds. The van der Waals surface area contributed by atoms with E-state index in [1.54, 1.807) is 29.2 Å². The van der Waals surface area contributed by atoms with Crippen LogP contribution in [0.2, 0.25) is 10.0 Å². The van der Waals surface area contributed by atoms with Crippen molar-refractivity contribution >= 4 is 29.1 Å². The maximum atomic E-state index is 11.7. The minimum atomic E-state index is -0.871. The van der Waals surface area contributed by atoms with E-state index in [1.807, 2.05) is 0 Å². The van der Waals surface area contributed by atoms with Gasteiger partial charge in [-0.15, -0.1) is 0 Å². The molecule has 1 aromatic carbocycles. The number of hydrogen-bond donors (Lipinski definition) is 2. The van der Waals surface area contributed by atoms with E-state index in [0.717, 1.165) is 0 Å². The van der Waals surface area contributed by atoms with Gasteiger partial charge in [0.05, 0.1) is 6.10 Å². The second-order valence-electron chi connectivity index (χ2n) is 4.75. The van der Waals surface area contributed by atoms with E-state index in [1.165, 1.54) is 6.33 Å². The van der Waals surface area contributed by atoms with Gasteiger partial charge in [0.25, 0.3) is 0 Å². The van der Waals surface area contributed by atoms with Crippen molar-refractivity contribution in [3.8, 4) is 0 Å². The molecule has 0 spiro atoms. The van der Waals surface area contributed by atoms with Crippen molar-refractivity contribution in [1.29, 1.82) is 0 Å². The summed E-state index contributed by atoms with van der Waals surface area (Å²) < 4.78 is 1.66. The summed E-state index contributed by atoms with van der Waals surface area (Å²) in [5, 5.41) is 17.6. The number of aromatic nitrogens is 3. The predicted octanol–water partition coefficient (Wildman–Crippen LogP) is 2.21. The molecule has 0 saturated heterocycles. The molecule has 0 aliphatic heterocycles. The first-order valence-corrected chi connectivity index (χ1v) is 7.54. The molecule has 0 aliphatic carbocycles. The van der Waals surface area contributed by atoms with Crippen molar-refractivity contribution in [2.75, 3.05) is 6.54 Å². The number of aliphatic hydroxyl groups excluding tert-OH is 1. The smallest absolute Gasteiger partial charge is 0.220 e. The van der Waals surface area contributed by atoms with Gasteiger partial charge in [0.15, 0.2) is 0 Å². The fraction of sp³-hybridized carbons (Fsp3) is 0.357. The van der Waals surface area contributed by atoms with E-state index in [4.69, 9.17) is 23.2 Å². The van der Waals surface area contributed by atoms with Crippen LogP contribution in [0.15, 0.2) is 30.9 Å². The zero-order valence-electron chi connectivity index (χ0n) is 11.7. The van der Waals surface area contributed by atoms with Crippen molar-refractivity contribution in [3.05, 3.63) is 46.5 Å². The van der Waals surface area contributed by atoms with Gasteiger partial charge in [0.2, 0.25) is 5.91 Å². The molecule has 2 rings (SSSR count). The molecule has 0 aliphatic rings. The molecule has 1 atom stereocenters. The van der Waals surface area contributed by atoms with Crippen LogP contribution in [-0.4, -0.2) is 32.3 Å². The van der Waals surface area contributed by atoms with E-state index < -0.39 is 6.10 Å². The highest BCUT2D eigenvalue weighted by Crippen LogP contribution is 2.25. The summed E-state index contributed by atoms with van der Waals surface area (Å²) in [4.78, 5) is 15.5. The Morgan fingerprint density at radius 1 is 1.41 bits per heavy atom. The summed E-state index contributed by atoms with van der Waals surface area (Å²) in [5.41, 5.74) is 0.536. The number of benzene rings is 1. The fourth-order valence-corrected chi connectivity index (χ4v) is 2.46. The van der Waals surface area contributed by atoms with Crippen molar-refractivity contribution in [1.82, 2.24) is 20.1 Å². The number of carbonyl (C=O) groups is 1. The third kappa shape index (κ3) is 4.98. The van der Waals surface area contributed by atoms with Crippen molar-refractivity contribution in [2.24, 2.45) is 0 Å². The molecule has 6 nitrogen and oxygen atoms in total. The number of carbonyl (C=O) groups excluding carboxylic acids is 1. The number of aliphatic hydroxyl groups is 1. The van der Waals surface area contributed by atoms with E-state index >= 15 is 0 Å².